The number of rotatable bonds is 5. The van der Waals surface area contributed by atoms with Crippen LogP contribution in [0.5, 0.6) is 0 Å². The van der Waals surface area contributed by atoms with Gasteiger partial charge in [0.25, 0.3) is 0 Å². The molecule has 0 spiro atoms. The Morgan fingerprint density at radius 3 is 2.63 bits per heavy atom. The summed E-state index contributed by atoms with van der Waals surface area (Å²) in [6.45, 7) is 0.848. The number of hydrogen-bond donors (Lipinski definition) is 1. The van der Waals surface area contributed by atoms with Crippen LogP contribution in [0.1, 0.15) is 30.1 Å². The smallest absolute Gasteiger partial charge is 0.0518 e. The molecule has 1 aliphatic rings. The largest absolute Gasteiger partial charge is 0.304 e. The quantitative estimate of drug-likeness (QED) is 0.907. The fraction of sp³-hybridized carbons (Fsp3) is 0.400. The van der Waals surface area contributed by atoms with Gasteiger partial charge in [0, 0.05) is 30.9 Å². The second kappa shape index (κ2) is 5.35. The first-order chi connectivity index (χ1) is 9.24. The Morgan fingerprint density at radius 2 is 2.05 bits per heavy atom. The molecule has 1 N–H and O–H groups in total. The van der Waals surface area contributed by atoms with Gasteiger partial charge >= 0.3 is 0 Å². The number of aryl methyl sites for hydroxylation is 1. The van der Waals surface area contributed by atoms with Crippen molar-refractivity contribution in [3.63, 3.8) is 0 Å². The molecule has 1 atom stereocenters. The van der Waals surface area contributed by atoms with Crippen LogP contribution in [-0.4, -0.2) is 9.78 Å². The molecule has 1 unspecified atom stereocenters. The van der Waals surface area contributed by atoms with Crippen molar-refractivity contribution in [2.45, 2.75) is 25.4 Å². The van der Waals surface area contributed by atoms with Crippen LogP contribution in [0.15, 0.2) is 36.5 Å². The van der Waals surface area contributed by atoms with Crippen molar-refractivity contribution in [2.24, 2.45) is 13.0 Å². The number of aromatic nitrogens is 2. The molecular weight excluding hydrogens is 258 g/mol. The van der Waals surface area contributed by atoms with Gasteiger partial charge in [-0.15, -0.1) is 0 Å². The topological polar surface area (TPSA) is 29.9 Å². The maximum atomic E-state index is 5.96. The lowest BCUT2D eigenvalue weighted by atomic mass is 10.0. The molecule has 100 valence electrons. The molecule has 3 nitrogen and oxygen atoms in total. The summed E-state index contributed by atoms with van der Waals surface area (Å²) in [5, 5.41) is 8.65. The number of halogens is 1. The Hall–Kier alpha value is -1.32. The zero-order chi connectivity index (χ0) is 13.2. The van der Waals surface area contributed by atoms with Gasteiger partial charge in [0.05, 0.1) is 5.69 Å². The fourth-order valence-electron chi connectivity index (χ4n) is 2.45. The van der Waals surface area contributed by atoms with E-state index in [1.54, 1.807) is 0 Å². The molecule has 0 aliphatic heterocycles. The molecule has 4 heteroatoms. The van der Waals surface area contributed by atoms with Gasteiger partial charge in [0.1, 0.15) is 0 Å². The molecule has 0 bridgehead atoms. The highest BCUT2D eigenvalue weighted by atomic mass is 35.5. The summed E-state index contributed by atoms with van der Waals surface area (Å²) in [6, 6.07) is 10.7. The van der Waals surface area contributed by atoms with E-state index in [-0.39, 0.29) is 0 Å². The van der Waals surface area contributed by atoms with Gasteiger partial charge in [-0.3, -0.25) is 4.68 Å². The van der Waals surface area contributed by atoms with Crippen molar-refractivity contribution in [3.8, 4) is 0 Å². The zero-order valence-corrected chi connectivity index (χ0v) is 11.8. The molecule has 1 saturated carbocycles. The average molecular weight is 276 g/mol. The minimum Gasteiger partial charge on any atom is -0.304 e. The second-order valence-corrected chi connectivity index (χ2v) is 5.63. The second-order valence-electron chi connectivity index (χ2n) is 5.19. The van der Waals surface area contributed by atoms with E-state index in [9.17, 15) is 0 Å². The van der Waals surface area contributed by atoms with Crippen LogP contribution in [0.2, 0.25) is 5.02 Å². The van der Waals surface area contributed by atoms with Gasteiger partial charge in [-0.25, -0.2) is 0 Å². The summed E-state index contributed by atoms with van der Waals surface area (Å²) >= 11 is 5.96. The Bertz CT molecular complexity index is 543. The molecule has 1 aromatic heterocycles. The standard InChI is InChI=1S/C15H18ClN3/c1-19-14(8-9-18-19)10-17-15(11-2-3-11)12-4-6-13(16)7-5-12/h4-9,11,15,17H,2-3,10H2,1H3. The SMILES string of the molecule is Cn1nccc1CNC(c1ccc(Cl)cc1)C1CC1. The van der Waals surface area contributed by atoms with Crippen LogP contribution >= 0.6 is 11.6 Å². The van der Waals surface area contributed by atoms with Crippen LogP contribution in [0.4, 0.5) is 0 Å². The molecule has 1 aromatic carbocycles. The van der Waals surface area contributed by atoms with Gasteiger partial charge in [-0.1, -0.05) is 23.7 Å². The van der Waals surface area contributed by atoms with Crippen LogP contribution in [-0.2, 0) is 13.6 Å². The molecule has 0 amide bonds. The summed E-state index contributed by atoms with van der Waals surface area (Å²) in [5.74, 6) is 0.759. The van der Waals surface area contributed by atoms with Gasteiger partial charge in [0.15, 0.2) is 0 Å². The fourth-order valence-corrected chi connectivity index (χ4v) is 2.57. The molecule has 1 aliphatic carbocycles. The molecule has 2 aromatic rings. The lowest BCUT2D eigenvalue weighted by molar-refractivity contribution is 0.469. The molecule has 0 saturated heterocycles. The summed E-state index contributed by atoms with van der Waals surface area (Å²) in [5.41, 5.74) is 2.54. The van der Waals surface area contributed by atoms with Gasteiger partial charge in [-0.2, -0.15) is 5.10 Å². The van der Waals surface area contributed by atoms with Gasteiger partial charge in [-0.05, 0) is 42.5 Å². The van der Waals surface area contributed by atoms with Crippen molar-refractivity contribution in [1.82, 2.24) is 15.1 Å². The first kappa shape index (κ1) is 12.7. The van der Waals surface area contributed by atoms with E-state index in [2.05, 4.69) is 28.6 Å². The molecular formula is C15H18ClN3. The predicted molar refractivity (Wildman–Crippen MR) is 77.0 cm³/mol. The third-order valence-corrected chi connectivity index (χ3v) is 4.00. The van der Waals surface area contributed by atoms with Gasteiger partial charge < -0.3 is 5.32 Å². The third-order valence-electron chi connectivity index (χ3n) is 3.75. The highest BCUT2D eigenvalue weighted by Gasteiger charge is 2.31. The monoisotopic (exact) mass is 275 g/mol. The highest BCUT2D eigenvalue weighted by molar-refractivity contribution is 6.30. The lowest BCUT2D eigenvalue weighted by Crippen LogP contribution is -2.23. The maximum absolute atomic E-state index is 5.96. The molecule has 0 radical (unpaired) electrons. The number of benzene rings is 1. The number of hydrogen-bond acceptors (Lipinski definition) is 2. The summed E-state index contributed by atoms with van der Waals surface area (Å²) in [6.07, 6.45) is 4.46. The van der Waals surface area contributed by atoms with Crippen LogP contribution in [0.3, 0.4) is 0 Å². The normalized spacial score (nSPS) is 16.5. The average Bonchev–Trinajstić information content (AvgIpc) is 3.16. The number of nitrogens with one attached hydrogen (secondary N) is 1. The van der Waals surface area contributed by atoms with Crippen molar-refractivity contribution in [2.75, 3.05) is 0 Å². The predicted octanol–water partition coefficient (Wildman–Crippen LogP) is 3.31. The minimum absolute atomic E-state index is 0.423. The molecule has 1 heterocycles. The minimum atomic E-state index is 0.423. The Kier molecular flexibility index (Phi) is 3.58. The molecule has 1 fully saturated rings. The van der Waals surface area contributed by atoms with E-state index in [0.29, 0.717) is 6.04 Å². The first-order valence-electron chi connectivity index (χ1n) is 6.70. The Balaban J connectivity index is 1.71. The van der Waals surface area contributed by atoms with E-state index >= 15 is 0 Å². The van der Waals surface area contributed by atoms with Crippen LogP contribution < -0.4 is 5.32 Å². The number of nitrogens with zero attached hydrogens (tertiary/aromatic N) is 2. The van der Waals surface area contributed by atoms with Crippen molar-refractivity contribution < 1.29 is 0 Å². The van der Waals surface area contributed by atoms with E-state index < -0.39 is 0 Å². The maximum Gasteiger partial charge on any atom is 0.0518 e. The van der Waals surface area contributed by atoms with Crippen LogP contribution in [0, 0.1) is 5.92 Å². The van der Waals surface area contributed by atoms with E-state index in [4.69, 9.17) is 11.6 Å². The summed E-state index contributed by atoms with van der Waals surface area (Å²) in [7, 11) is 1.98. The molecule has 19 heavy (non-hydrogen) atoms. The summed E-state index contributed by atoms with van der Waals surface area (Å²) < 4.78 is 1.92. The van der Waals surface area contributed by atoms with Crippen molar-refractivity contribution in [3.05, 3.63) is 52.8 Å². The lowest BCUT2D eigenvalue weighted by Gasteiger charge is -2.19. The third kappa shape index (κ3) is 2.99. The van der Waals surface area contributed by atoms with Crippen molar-refractivity contribution in [1.29, 1.82) is 0 Å². The highest BCUT2D eigenvalue weighted by Crippen LogP contribution is 2.41. The Labute approximate surface area is 118 Å². The van der Waals surface area contributed by atoms with Crippen LogP contribution in [0.25, 0.3) is 0 Å². The molecule has 3 rings (SSSR count). The first-order valence-corrected chi connectivity index (χ1v) is 7.07. The van der Waals surface area contributed by atoms with Gasteiger partial charge in [0.2, 0.25) is 0 Å². The zero-order valence-electron chi connectivity index (χ0n) is 11.0. The Morgan fingerprint density at radius 1 is 1.32 bits per heavy atom. The van der Waals surface area contributed by atoms with E-state index in [1.165, 1.54) is 24.1 Å². The van der Waals surface area contributed by atoms with E-state index in [1.807, 2.05) is 30.1 Å². The van der Waals surface area contributed by atoms with E-state index in [0.717, 1.165) is 17.5 Å². The summed E-state index contributed by atoms with van der Waals surface area (Å²) in [4.78, 5) is 0. The van der Waals surface area contributed by atoms with Crippen molar-refractivity contribution >= 4 is 11.6 Å².